The number of ether oxygens (including phenoxy) is 2. The van der Waals surface area contributed by atoms with Gasteiger partial charge in [0.25, 0.3) is 5.91 Å². The summed E-state index contributed by atoms with van der Waals surface area (Å²) in [5, 5.41) is 7.21. The van der Waals surface area contributed by atoms with Crippen molar-refractivity contribution >= 4 is 34.9 Å². The van der Waals surface area contributed by atoms with Crippen molar-refractivity contribution in [2.24, 2.45) is 0 Å². The van der Waals surface area contributed by atoms with Crippen LogP contribution in [0.1, 0.15) is 44.1 Å². The van der Waals surface area contributed by atoms with E-state index in [0.29, 0.717) is 11.3 Å². The zero-order valence-corrected chi connectivity index (χ0v) is 17.3. The van der Waals surface area contributed by atoms with E-state index in [1.165, 1.54) is 21.7 Å². The Morgan fingerprint density at radius 3 is 2.64 bits per heavy atom. The fraction of sp³-hybridized carbons (Fsp3) is 0.556. The first-order valence-electron chi connectivity index (χ1n) is 8.95. The highest BCUT2D eigenvalue weighted by atomic mass is 35.5. The lowest BCUT2D eigenvalue weighted by atomic mass is 9.89. The molecule has 3 rings (SSSR count). The van der Waals surface area contributed by atoms with Gasteiger partial charge in [-0.1, -0.05) is 11.6 Å². The van der Waals surface area contributed by atoms with Crippen LogP contribution in [0, 0.1) is 0 Å². The average Bonchev–Trinajstić information content (AvgIpc) is 2.99. The zero-order valence-electron chi connectivity index (χ0n) is 16.5. The number of rotatable bonds is 4. The largest absolute Gasteiger partial charge is 0.443 e. The van der Waals surface area contributed by atoms with Gasteiger partial charge in [-0.2, -0.15) is 5.10 Å². The molecule has 1 aliphatic carbocycles. The minimum absolute atomic E-state index is 0.00791. The van der Waals surface area contributed by atoms with Crippen molar-refractivity contribution in [3.63, 3.8) is 0 Å². The first-order chi connectivity index (χ1) is 13.1. The molecule has 9 nitrogen and oxygen atoms in total. The molecule has 0 aromatic carbocycles. The van der Waals surface area contributed by atoms with Gasteiger partial charge in [-0.25, -0.2) is 14.3 Å². The number of hydrogen-bond donors (Lipinski definition) is 1. The molecule has 0 aliphatic heterocycles. The Morgan fingerprint density at radius 2 is 2.07 bits per heavy atom. The van der Waals surface area contributed by atoms with E-state index in [9.17, 15) is 9.59 Å². The van der Waals surface area contributed by atoms with Gasteiger partial charge in [0, 0.05) is 20.2 Å². The van der Waals surface area contributed by atoms with E-state index >= 15 is 0 Å². The fourth-order valence-electron chi connectivity index (χ4n) is 2.91. The van der Waals surface area contributed by atoms with E-state index in [4.69, 9.17) is 21.1 Å². The van der Waals surface area contributed by atoms with E-state index in [0.717, 1.165) is 12.8 Å². The van der Waals surface area contributed by atoms with E-state index in [1.54, 1.807) is 34.9 Å². The molecular weight excluding hydrogens is 386 g/mol. The molecule has 0 saturated heterocycles. The van der Waals surface area contributed by atoms with Crippen LogP contribution in [-0.2, 0) is 9.47 Å². The Balaban J connectivity index is 1.90. The topological polar surface area (TPSA) is 98.1 Å². The maximum Gasteiger partial charge on any atom is 0.414 e. The van der Waals surface area contributed by atoms with Crippen LogP contribution in [0.15, 0.2) is 12.3 Å². The third-order valence-corrected chi connectivity index (χ3v) is 4.69. The molecule has 0 bridgehead atoms. The summed E-state index contributed by atoms with van der Waals surface area (Å²) in [6.45, 7) is 5.33. The maximum absolute atomic E-state index is 12.7. The zero-order chi connectivity index (χ0) is 20.6. The Morgan fingerprint density at radius 1 is 1.36 bits per heavy atom. The SMILES string of the molecule is CO[C@H]1CCC1NC(=O)c1cnc2c(N(C)C(=O)OC(C)(C)C)cc(Cl)nn12. The molecule has 1 fully saturated rings. The van der Waals surface area contributed by atoms with E-state index in [-0.39, 0.29) is 28.9 Å². The van der Waals surface area contributed by atoms with Gasteiger partial charge in [-0.3, -0.25) is 9.69 Å². The second-order valence-corrected chi connectivity index (χ2v) is 8.09. The molecule has 1 aliphatic rings. The number of hydrogen-bond acceptors (Lipinski definition) is 6. The Labute approximate surface area is 167 Å². The van der Waals surface area contributed by atoms with Gasteiger partial charge >= 0.3 is 6.09 Å². The van der Waals surface area contributed by atoms with E-state index in [2.05, 4.69) is 15.4 Å². The molecule has 0 spiro atoms. The first kappa shape index (κ1) is 20.3. The third-order valence-electron chi connectivity index (χ3n) is 4.51. The molecule has 152 valence electrons. The Kier molecular flexibility index (Phi) is 5.49. The number of aromatic nitrogens is 3. The maximum atomic E-state index is 12.7. The average molecular weight is 410 g/mol. The number of fused-ring (bicyclic) bond motifs is 1. The Hall–Kier alpha value is -2.39. The fourth-order valence-corrected chi connectivity index (χ4v) is 3.09. The molecule has 2 heterocycles. The second-order valence-electron chi connectivity index (χ2n) is 7.70. The molecule has 2 atom stereocenters. The number of carbonyl (C=O) groups is 2. The summed E-state index contributed by atoms with van der Waals surface area (Å²) in [6.07, 6.45) is 2.60. The Bertz CT molecular complexity index is 905. The van der Waals surface area contributed by atoms with Crippen molar-refractivity contribution in [3.8, 4) is 0 Å². The monoisotopic (exact) mass is 409 g/mol. The summed E-state index contributed by atoms with van der Waals surface area (Å²) < 4.78 is 12.0. The lowest BCUT2D eigenvalue weighted by Gasteiger charge is -2.35. The highest BCUT2D eigenvalue weighted by Gasteiger charge is 2.33. The summed E-state index contributed by atoms with van der Waals surface area (Å²) >= 11 is 6.14. The van der Waals surface area contributed by atoms with Crippen LogP contribution < -0.4 is 10.2 Å². The number of carbonyl (C=O) groups excluding carboxylic acids is 2. The van der Waals surface area contributed by atoms with Crippen LogP contribution in [-0.4, -0.2) is 58.5 Å². The minimum atomic E-state index is -0.653. The second kappa shape index (κ2) is 7.56. The van der Waals surface area contributed by atoms with Gasteiger partial charge < -0.3 is 14.8 Å². The van der Waals surface area contributed by atoms with Crippen LogP contribution in [0.2, 0.25) is 5.15 Å². The van der Waals surface area contributed by atoms with Gasteiger partial charge in [0.1, 0.15) is 5.60 Å². The molecule has 1 unspecified atom stereocenters. The van der Waals surface area contributed by atoms with Crippen LogP contribution in [0.3, 0.4) is 0 Å². The summed E-state index contributed by atoms with van der Waals surface area (Å²) in [5.74, 6) is -0.333. The number of nitrogens with one attached hydrogen (secondary N) is 1. The van der Waals surface area contributed by atoms with Crippen molar-refractivity contribution in [2.45, 2.75) is 51.4 Å². The number of amides is 2. The smallest absolute Gasteiger partial charge is 0.414 e. The van der Waals surface area contributed by atoms with Crippen molar-refractivity contribution in [2.75, 3.05) is 19.1 Å². The molecule has 2 amide bonds. The van der Waals surface area contributed by atoms with Gasteiger partial charge in [-0.05, 0) is 33.6 Å². The highest BCUT2D eigenvalue weighted by molar-refractivity contribution is 6.29. The van der Waals surface area contributed by atoms with Crippen molar-refractivity contribution in [3.05, 3.63) is 23.1 Å². The lowest BCUT2D eigenvalue weighted by molar-refractivity contribution is 0.00717. The van der Waals surface area contributed by atoms with Gasteiger partial charge in [0.2, 0.25) is 0 Å². The lowest BCUT2D eigenvalue weighted by Crippen LogP contribution is -2.51. The highest BCUT2D eigenvalue weighted by Crippen LogP contribution is 2.26. The summed E-state index contributed by atoms with van der Waals surface area (Å²) in [7, 11) is 3.17. The van der Waals surface area contributed by atoms with Crippen LogP contribution in [0.25, 0.3) is 5.65 Å². The van der Waals surface area contributed by atoms with Gasteiger partial charge in [0.05, 0.1) is 24.0 Å². The van der Waals surface area contributed by atoms with Crippen LogP contribution in [0.4, 0.5) is 10.5 Å². The van der Waals surface area contributed by atoms with Crippen molar-refractivity contribution < 1.29 is 19.1 Å². The van der Waals surface area contributed by atoms with Crippen LogP contribution >= 0.6 is 11.6 Å². The first-order valence-corrected chi connectivity index (χ1v) is 9.33. The summed E-state index contributed by atoms with van der Waals surface area (Å²) in [5.41, 5.74) is 0.268. The molecular formula is C18H24ClN5O4. The van der Waals surface area contributed by atoms with Crippen molar-refractivity contribution in [1.82, 2.24) is 19.9 Å². The number of halogens is 1. The van der Waals surface area contributed by atoms with Crippen LogP contribution in [0.5, 0.6) is 0 Å². The standard InChI is InChI=1S/C18H24ClN5O4/c1-18(2,3)28-17(26)23(4)11-8-14(19)22-24-12(9-20-15(11)24)16(25)21-10-6-7-13(10)27-5/h8-10,13H,6-7H2,1-5H3,(H,21,25)/t10?,13-/m0/s1. The predicted octanol–water partition coefficient (Wildman–Crippen LogP) is 2.66. The number of methoxy groups -OCH3 is 1. The molecule has 2 aromatic rings. The minimum Gasteiger partial charge on any atom is -0.443 e. The molecule has 2 aromatic heterocycles. The predicted molar refractivity (Wildman–Crippen MR) is 104 cm³/mol. The third kappa shape index (κ3) is 4.05. The number of nitrogens with zero attached hydrogens (tertiary/aromatic N) is 4. The molecule has 28 heavy (non-hydrogen) atoms. The van der Waals surface area contributed by atoms with E-state index in [1.807, 2.05) is 0 Å². The summed E-state index contributed by atoms with van der Waals surface area (Å²) in [6, 6.07) is 1.45. The molecule has 0 radical (unpaired) electrons. The number of anilines is 1. The van der Waals surface area contributed by atoms with Gasteiger partial charge in [-0.15, -0.1) is 0 Å². The normalized spacial score (nSPS) is 19.2. The van der Waals surface area contributed by atoms with Crippen molar-refractivity contribution in [1.29, 1.82) is 0 Å². The molecule has 1 N–H and O–H groups in total. The van der Waals surface area contributed by atoms with E-state index < -0.39 is 11.7 Å². The summed E-state index contributed by atoms with van der Waals surface area (Å²) in [4.78, 5) is 30.7. The molecule has 10 heteroatoms. The number of imidazole rings is 1. The molecule has 1 saturated carbocycles. The van der Waals surface area contributed by atoms with Gasteiger partial charge in [0.15, 0.2) is 16.5 Å². The quantitative estimate of drug-likeness (QED) is 0.833.